The van der Waals surface area contributed by atoms with Crippen molar-refractivity contribution < 1.29 is 9.59 Å². The minimum atomic E-state index is 0.0203. The largest absolute Gasteiger partial charge is 0.346 e. The first kappa shape index (κ1) is 17.8. The van der Waals surface area contributed by atoms with Crippen molar-refractivity contribution in [3.8, 4) is 0 Å². The molecule has 1 fully saturated rings. The predicted octanol–water partition coefficient (Wildman–Crippen LogP) is 3.45. The maximum Gasteiger partial charge on any atom is 0.253 e. The van der Waals surface area contributed by atoms with Crippen molar-refractivity contribution >= 4 is 23.4 Å². The average Bonchev–Trinajstić information content (AvgIpc) is 2.59. The third kappa shape index (κ3) is 4.71. The smallest absolute Gasteiger partial charge is 0.253 e. The van der Waals surface area contributed by atoms with Crippen LogP contribution in [0.4, 0.5) is 0 Å². The second-order valence-electron chi connectivity index (χ2n) is 6.19. The molecule has 0 N–H and O–H groups in total. The molecule has 0 saturated carbocycles. The fraction of sp³-hybridized carbons (Fsp3) is 0.556. The molecule has 2 rings (SSSR count). The molecule has 0 atom stereocenters. The molecule has 0 aromatic heterocycles. The van der Waals surface area contributed by atoms with E-state index in [-0.39, 0.29) is 17.7 Å². The van der Waals surface area contributed by atoms with Crippen LogP contribution in [0.2, 0.25) is 5.02 Å². The maximum absolute atomic E-state index is 12.5. The highest BCUT2D eigenvalue weighted by Gasteiger charge is 2.29. The average molecular weight is 337 g/mol. The highest BCUT2D eigenvalue weighted by molar-refractivity contribution is 6.30. The number of unbranched alkanes of at least 4 members (excludes halogenated alkanes) is 1. The second kappa shape index (κ2) is 8.34. The predicted molar refractivity (Wildman–Crippen MR) is 92.6 cm³/mol. The van der Waals surface area contributed by atoms with Gasteiger partial charge in [0.15, 0.2) is 0 Å². The third-order valence-corrected chi connectivity index (χ3v) is 4.70. The number of amides is 2. The van der Waals surface area contributed by atoms with Gasteiger partial charge in [-0.3, -0.25) is 9.59 Å². The summed E-state index contributed by atoms with van der Waals surface area (Å²) < 4.78 is 0. The SMILES string of the molecule is CCCCN(C)C(=O)C1CCN(C(=O)c2ccc(Cl)cc2)CC1. The number of carbonyl (C=O) groups excluding carboxylic acids is 2. The van der Waals surface area contributed by atoms with Crippen LogP contribution >= 0.6 is 11.6 Å². The molecule has 1 aromatic rings. The van der Waals surface area contributed by atoms with Crippen LogP contribution in [0.15, 0.2) is 24.3 Å². The number of carbonyl (C=O) groups is 2. The van der Waals surface area contributed by atoms with Crippen molar-refractivity contribution in [1.29, 1.82) is 0 Å². The highest BCUT2D eigenvalue weighted by atomic mass is 35.5. The number of nitrogens with zero attached hydrogens (tertiary/aromatic N) is 2. The van der Waals surface area contributed by atoms with Gasteiger partial charge in [-0.25, -0.2) is 0 Å². The van der Waals surface area contributed by atoms with Crippen molar-refractivity contribution in [2.45, 2.75) is 32.6 Å². The van der Waals surface area contributed by atoms with Gasteiger partial charge in [-0.2, -0.15) is 0 Å². The Morgan fingerprint density at radius 1 is 1.22 bits per heavy atom. The van der Waals surface area contributed by atoms with Crippen LogP contribution in [0.25, 0.3) is 0 Å². The van der Waals surface area contributed by atoms with Crippen LogP contribution in [-0.4, -0.2) is 48.3 Å². The van der Waals surface area contributed by atoms with E-state index < -0.39 is 0 Å². The van der Waals surface area contributed by atoms with Crippen molar-refractivity contribution in [3.63, 3.8) is 0 Å². The van der Waals surface area contributed by atoms with Crippen molar-refractivity contribution in [2.75, 3.05) is 26.7 Å². The molecule has 0 spiro atoms. The van der Waals surface area contributed by atoms with Gasteiger partial charge in [0.25, 0.3) is 5.91 Å². The summed E-state index contributed by atoms with van der Waals surface area (Å²) in [7, 11) is 1.88. The molecule has 4 nitrogen and oxygen atoms in total. The van der Waals surface area contributed by atoms with E-state index in [4.69, 9.17) is 11.6 Å². The van der Waals surface area contributed by atoms with E-state index in [1.807, 2.05) is 16.8 Å². The van der Waals surface area contributed by atoms with Crippen molar-refractivity contribution in [2.24, 2.45) is 5.92 Å². The van der Waals surface area contributed by atoms with Gasteiger partial charge in [0, 0.05) is 43.2 Å². The lowest BCUT2D eigenvalue weighted by Crippen LogP contribution is -2.43. The Kier molecular flexibility index (Phi) is 6.46. The van der Waals surface area contributed by atoms with Crippen LogP contribution in [0.1, 0.15) is 43.0 Å². The van der Waals surface area contributed by atoms with E-state index >= 15 is 0 Å². The van der Waals surface area contributed by atoms with E-state index in [9.17, 15) is 9.59 Å². The lowest BCUT2D eigenvalue weighted by molar-refractivity contribution is -0.135. The Morgan fingerprint density at radius 3 is 2.39 bits per heavy atom. The summed E-state index contributed by atoms with van der Waals surface area (Å²) in [5.74, 6) is 0.287. The monoisotopic (exact) mass is 336 g/mol. The lowest BCUT2D eigenvalue weighted by Gasteiger charge is -2.33. The molecule has 1 aromatic carbocycles. The van der Waals surface area contributed by atoms with Gasteiger partial charge < -0.3 is 9.80 Å². The van der Waals surface area contributed by atoms with Gasteiger partial charge in [0.05, 0.1) is 0 Å². The summed E-state index contributed by atoms with van der Waals surface area (Å²) in [5, 5.41) is 0.626. The van der Waals surface area contributed by atoms with Gasteiger partial charge >= 0.3 is 0 Å². The first-order valence-corrected chi connectivity index (χ1v) is 8.70. The fourth-order valence-electron chi connectivity index (χ4n) is 2.92. The number of hydrogen-bond donors (Lipinski definition) is 0. The normalized spacial score (nSPS) is 15.5. The minimum absolute atomic E-state index is 0.0203. The van der Waals surface area contributed by atoms with Gasteiger partial charge in [-0.15, -0.1) is 0 Å². The summed E-state index contributed by atoms with van der Waals surface area (Å²) in [6.07, 6.45) is 3.62. The molecular weight excluding hydrogens is 312 g/mol. The molecule has 126 valence electrons. The maximum atomic E-state index is 12.5. The molecule has 1 saturated heterocycles. The summed E-state index contributed by atoms with van der Waals surface area (Å²) in [5.41, 5.74) is 0.652. The zero-order valence-electron chi connectivity index (χ0n) is 13.9. The van der Waals surface area contributed by atoms with E-state index in [1.165, 1.54) is 0 Å². The molecule has 0 bridgehead atoms. The van der Waals surface area contributed by atoms with Crippen LogP contribution < -0.4 is 0 Å². The standard InChI is InChI=1S/C18H25ClN2O2/c1-3-4-11-20(2)17(22)15-9-12-21(13-10-15)18(23)14-5-7-16(19)8-6-14/h5-8,15H,3-4,9-13H2,1-2H3. The van der Waals surface area contributed by atoms with E-state index in [0.717, 1.165) is 32.2 Å². The van der Waals surface area contributed by atoms with Gasteiger partial charge in [-0.05, 0) is 43.5 Å². The van der Waals surface area contributed by atoms with Gasteiger partial charge in [0.2, 0.25) is 5.91 Å². The Balaban J connectivity index is 1.87. The summed E-state index contributed by atoms with van der Waals surface area (Å²) in [4.78, 5) is 28.5. The molecule has 1 aliphatic heterocycles. The molecule has 23 heavy (non-hydrogen) atoms. The van der Waals surface area contributed by atoms with Crippen molar-refractivity contribution in [1.82, 2.24) is 9.80 Å². The lowest BCUT2D eigenvalue weighted by atomic mass is 9.95. The summed E-state index contributed by atoms with van der Waals surface area (Å²) in [6.45, 7) is 4.22. The number of rotatable bonds is 5. The molecular formula is C18H25ClN2O2. The Bertz CT molecular complexity index is 536. The third-order valence-electron chi connectivity index (χ3n) is 4.45. The van der Waals surface area contributed by atoms with Crippen LogP contribution in [-0.2, 0) is 4.79 Å². The molecule has 2 amide bonds. The molecule has 0 radical (unpaired) electrons. The topological polar surface area (TPSA) is 40.6 Å². The number of piperidine rings is 1. The summed E-state index contributed by atoms with van der Waals surface area (Å²) in [6, 6.07) is 6.96. The van der Waals surface area contributed by atoms with Crippen LogP contribution in [0.5, 0.6) is 0 Å². The zero-order chi connectivity index (χ0) is 16.8. The Hall–Kier alpha value is -1.55. The first-order chi connectivity index (χ1) is 11.0. The molecule has 0 unspecified atom stereocenters. The Labute approximate surface area is 143 Å². The molecule has 0 aliphatic carbocycles. The quantitative estimate of drug-likeness (QED) is 0.826. The number of halogens is 1. The molecule has 1 aliphatic rings. The highest BCUT2D eigenvalue weighted by Crippen LogP contribution is 2.21. The second-order valence-corrected chi connectivity index (χ2v) is 6.62. The summed E-state index contributed by atoms with van der Waals surface area (Å²) >= 11 is 5.85. The zero-order valence-corrected chi connectivity index (χ0v) is 14.7. The Morgan fingerprint density at radius 2 is 1.83 bits per heavy atom. The fourth-order valence-corrected chi connectivity index (χ4v) is 3.05. The molecule has 1 heterocycles. The van der Waals surface area contributed by atoms with E-state index in [1.54, 1.807) is 24.3 Å². The van der Waals surface area contributed by atoms with E-state index in [2.05, 4.69) is 6.92 Å². The van der Waals surface area contributed by atoms with Crippen molar-refractivity contribution in [3.05, 3.63) is 34.9 Å². The van der Waals surface area contributed by atoms with Crippen LogP contribution in [0.3, 0.4) is 0 Å². The molecule has 5 heteroatoms. The minimum Gasteiger partial charge on any atom is -0.346 e. The number of benzene rings is 1. The van der Waals surface area contributed by atoms with Gasteiger partial charge in [0.1, 0.15) is 0 Å². The van der Waals surface area contributed by atoms with E-state index in [0.29, 0.717) is 23.7 Å². The first-order valence-electron chi connectivity index (χ1n) is 8.32. The van der Waals surface area contributed by atoms with Gasteiger partial charge in [-0.1, -0.05) is 24.9 Å². The van der Waals surface area contributed by atoms with Crippen LogP contribution in [0, 0.1) is 5.92 Å². The number of likely N-dealkylation sites (tertiary alicyclic amines) is 1. The number of hydrogen-bond acceptors (Lipinski definition) is 2.